The normalized spacial score (nSPS) is 14.4. The number of benzene rings is 1. The van der Waals surface area contributed by atoms with E-state index in [1.54, 1.807) is 0 Å². The molecule has 176 valence electrons. The van der Waals surface area contributed by atoms with E-state index in [1.165, 1.54) is 0 Å². The van der Waals surface area contributed by atoms with Crippen molar-refractivity contribution in [2.24, 2.45) is 0 Å². The van der Waals surface area contributed by atoms with E-state index < -0.39 is 0 Å². The van der Waals surface area contributed by atoms with Gasteiger partial charge >= 0.3 is 0 Å². The first-order valence-electron chi connectivity index (χ1n) is 12.0. The predicted molar refractivity (Wildman–Crippen MR) is 134 cm³/mol. The quantitative estimate of drug-likeness (QED) is 0.399. The molecule has 1 fully saturated rings. The summed E-state index contributed by atoms with van der Waals surface area (Å²) in [6.45, 7) is 8.59. The number of hydrogen-bond acceptors (Lipinski definition) is 7. The molecular weight excluding hydrogens is 426 g/mol. The molecule has 1 aromatic carbocycles. The van der Waals surface area contributed by atoms with Crippen LogP contribution in [0, 0.1) is 0 Å². The largest absolute Gasteiger partial charge is 0.476 e. The highest BCUT2D eigenvalue weighted by atomic mass is 16.5. The van der Waals surface area contributed by atoms with Gasteiger partial charge in [-0.15, -0.1) is 0 Å². The number of aromatic nitrogens is 4. The Morgan fingerprint density at radius 2 is 1.91 bits per heavy atom. The van der Waals surface area contributed by atoms with Crippen molar-refractivity contribution in [3.05, 3.63) is 72.1 Å². The van der Waals surface area contributed by atoms with E-state index in [9.17, 15) is 0 Å². The minimum atomic E-state index is 0.628. The Kier molecular flexibility index (Phi) is 6.97. The summed E-state index contributed by atoms with van der Waals surface area (Å²) in [7, 11) is 0. The second kappa shape index (κ2) is 10.6. The molecule has 0 bridgehead atoms. The van der Waals surface area contributed by atoms with Gasteiger partial charge in [-0.3, -0.25) is 4.90 Å². The summed E-state index contributed by atoms with van der Waals surface area (Å²) in [5.74, 6) is 1.57. The Labute approximate surface area is 200 Å². The van der Waals surface area contributed by atoms with Crippen LogP contribution >= 0.6 is 0 Å². The van der Waals surface area contributed by atoms with E-state index in [-0.39, 0.29) is 0 Å². The third-order valence-corrected chi connectivity index (χ3v) is 6.13. The first kappa shape index (κ1) is 22.3. The van der Waals surface area contributed by atoms with Gasteiger partial charge in [0.15, 0.2) is 5.65 Å². The van der Waals surface area contributed by atoms with Gasteiger partial charge in [-0.25, -0.2) is 9.97 Å². The highest BCUT2D eigenvalue weighted by molar-refractivity contribution is 5.67. The molecule has 8 nitrogen and oxygen atoms in total. The van der Waals surface area contributed by atoms with Crippen molar-refractivity contribution in [3.8, 4) is 17.1 Å². The van der Waals surface area contributed by atoms with Gasteiger partial charge in [-0.1, -0.05) is 43.3 Å². The van der Waals surface area contributed by atoms with Crippen LogP contribution in [0.25, 0.3) is 16.9 Å². The summed E-state index contributed by atoms with van der Waals surface area (Å²) in [6, 6.07) is 16.3. The molecule has 4 heterocycles. The molecule has 4 aromatic rings. The van der Waals surface area contributed by atoms with E-state index in [2.05, 4.69) is 56.8 Å². The van der Waals surface area contributed by atoms with Crippen LogP contribution in [0.3, 0.4) is 0 Å². The lowest BCUT2D eigenvalue weighted by molar-refractivity contribution is 0.188. The smallest absolute Gasteiger partial charge is 0.213 e. The van der Waals surface area contributed by atoms with Gasteiger partial charge in [0.05, 0.1) is 11.9 Å². The number of anilines is 1. The molecule has 1 saturated heterocycles. The van der Waals surface area contributed by atoms with Crippen molar-refractivity contribution < 1.29 is 4.74 Å². The number of rotatable bonds is 9. The second-order valence-electron chi connectivity index (χ2n) is 8.45. The van der Waals surface area contributed by atoms with Crippen LogP contribution in [0.1, 0.15) is 18.1 Å². The molecule has 34 heavy (non-hydrogen) atoms. The highest BCUT2D eigenvalue weighted by Crippen LogP contribution is 2.24. The summed E-state index contributed by atoms with van der Waals surface area (Å²) in [4.78, 5) is 11.8. The van der Waals surface area contributed by atoms with E-state index in [4.69, 9.17) is 9.72 Å². The molecule has 0 amide bonds. The maximum Gasteiger partial charge on any atom is 0.213 e. The fourth-order valence-electron chi connectivity index (χ4n) is 4.15. The van der Waals surface area contributed by atoms with Gasteiger partial charge < -0.3 is 15.4 Å². The fraction of sp³-hybridized carbons (Fsp3) is 0.346. The van der Waals surface area contributed by atoms with Gasteiger partial charge in [0.1, 0.15) is 12.4 Å². The molecular formula is C26H31N7O. The molecule has 0 atom stereocenters. The summed E-state index contributed by atoms with van der Waals surface area (Å²) in [6.07, 6.45) is 4.65. The van der Waals surface area contributed by atoms with Crippen LogP contribution in [-0.4, -0.2) is 63.8 Å². The van der Waals surface area contributed by atoms with E-state index in [0.29, 0.717) is 19.0 Å². The Morgan fingerprint density at radius 1 is 1.06 bits per heavy atom. The monoisotopic (exact) mass is 457 g/mol. The Bertz CT molecular complexity index is 1200. The maximum atomic E-state index is 5.85. The lowest BCUT2D eigenvalue weighted by Gasteiger charge is -2.26. The van der Waals surface area contributed by atoms with Crippen molar-refractivity contribution in [3.63, 3.8) is 0 Å². The molecule has 0 saturated carbocycles. The number of hydrogen-bond donors (Lipinski definition) is 2. The van der Waals surface area contributed by atoms with Crippen molar-refractivity contribution in [1.29, 1.82) is 0 Å². The SMILES string of the molecule is CCc1cnn2c(NCc3ccc(OCCN4CCNCC4)nc3)cc(-c3ccccc3)nc12. The minimum absolute atomic E-state index is 0.628. The standard InChI is InChI=1S/C26H31N7O/c1-2-21-19-30-33-24(16-23(31-26(21)33)22-6-4-3-5-7-22)28-17-20-8-9-25(29-18-20)34-15-14-32-12-10-27-11-13-32/h3-9,16,18-19,27-28H,2,10-15,17H2,1H3. The topological polar surface area (TPSA) is 79.6 Å². The van der Waals surface area contributed by atoms with Crippen molar-refractivity contribution in [2.75, 3.05) is 44.6 Å². The Morgan fingerprint density at radius 3 is 2.68 bits per heavy atom. The van der Waals surface area contributed by atoms with Crippen LogP contribution in [0.4, 0.5) is 5.82 Å². The van der Waals surface area contributed by atoms with Gasteiger partial charge in [-0.2, -0.15) is 9.61 Å². The molecule has 8 heteroatoms. The average Bonchev–Trinajstić information content (AvgIpc) is 3.32. The van der Waals surface area contributed by atoms with E-state index in [0.717, 1.165) is 73.0 Å². The summed E-state index contributed by atoms with van der Waals surface area (Å²) in [5, 5.41) is 11.5. The lowest BCUT2D eigenvalue weighted by atomic mass is 10.1. The van der Waals surface area contributed by atoms with Crippen molar-refractivity contribution >= 4 is 11.5 Å². The minimum Gasteiger partial charge on any atom is -0.476 e. The average molecular weight is 458 g/mol. The number of nitrogens with one attached hydrogen (secondary N) is 2. The van der Waals surface area contributed by atoms with Crippen LogP contribution in [0.5, 0.6) is 5.88 Å². The van der Waals surface area contributed by atoms with Gasteiger partial charge in [-0.05, 0) is 12.0 Å². The summed E-state index contributed by atoms with van der Waals surface area (Å²) >= 11 is 0. The van der Waals surface area contributed by atoms with Crippen molar-refractivity contribution in [2.45, 2.75) is 19.9 Å². The molecule has 2 N–H and O–H groups in total. The van der Waals surface area contributed by atoms with Crippen LogP contribution in [-0.2, 0) is 13.0 Å². The van der Waals surface area contributed by atoms with Crippen LogP contribution < -0.4 is 15.4 Å². The lowest BCUT2D eigenvalue weighted by Crippen LogP contribution is -2.44. The Balaban J connectivity index is 1.25. The molecule has 0 radical (unpaired) electrons. The fourth-order valence-corrected chi connectivity index (χ4v) is 4.15. The van der Waals surface area contributed by atoms with Gasteiger partial charge in [0, 0.05) is 68.7 Å². The van der Waals surface area contributed by atoms with Crippen LogP contribution in [0.15, 0.2) is 60.9 Å². The number of nitrogens with zero attached hydrogens (tertiary/aromatic N) is 5. The van der Waals surface area contributed by atoms with E-state index >= 15 is 0 Å². The Hall–Kier alpha value is -3.49. The van der Waals surface area contributed by atoms with Crippen molar-refractivity contribution in [1.82, 2.24) is 29.8 Å². The number of pyridine rings is 1. The zero-order valence-corrected chi connectivity index (χ0v) is 19.6. The van der Waals surface area contributed by atoms with Gasteiger partial charge in [0.25, 0.3) is 0 Å². The molecule has 0 aliphatic carbocycles. The number of fused-ring (bicyclic) bond motifs is 1. The first-order chi connectivity index (χ1) is 16.8. The molecule has 0 unspecified atom stereocenters. The zero-order valence-electron chi connectivity index (χ0n) is 19.6. The van der Waals surface area contributed by atoms with Gasteiger partial charge in [0.2, 0.25) is 5.88 Å². The number of aryl methyl sites for hydroxylation is 1. The highest BCUT2D eigenvalue weighted by Gasteiger charge is 2.12. The maximum absolute atomic E-state index is 5.85. The predicted octanol–water partition coefficient (Wildman–Crippen LogP) is 3.25. The molecule has 3 aromatic heterocycles. The number of piperazine rings is 1. The third kappa shape index (κ3) is 5.18. The first-order valence-corrected chi connectivity index (χ1v) is 12.0. The second-order valence-corrected chi connectivity index (χ2v) is 8.45. The molecule has 1 aliphatic heterocycles. The summed E-state index contributed by atoms with van der Waals surface area (Å²) < 4.78 is 7.73. The van der Waals surface area contributed by atoms with Crippen LogP contribution in [0.2, 0.25) is 0 Å². The van der Waals surface area contributed by atoms with E-state index in [1.807, 2.05) is 41.2 Å². The molecule has 0 spiro atoms. The summed E-state index contributed by atoms with van der Waals surface area (Å²) in [5.41, 5.74) is 5.10. The molecule has 5 rings (SSSR count). The number of ether oxygens (including phenoxy) is 1. The third-order valence-electron chi connectivity index (χ3n) is 6.13. The zero-order chi connectivity index (χ0) is 23.2. The molecule has 1 aliphatic rings.